The summed E-state index contributed by atoms with van der Waals surface area (Å²) in [6.45, 7) is 5.08. The van der Waals surface area contributed by atoms with Crippen LogP contribution >= 0.6 is 0 Å². The van der Waals surface area contributed by atoms with Crippen molar-refractivity contribution < 1.29 is 9.59 Å². The van der Waals surface area contributed by atoms with E-state index in [0.29, 0.717) is 17.1 Å². The van der Waals surface area contributed by atoms with E-state index in [1.165, 1.54) is 13.3 Å². The van der Waals surface area contributed by atoms with Gasteiger partial charge in [0.05, 0.1) is 0 Å². The van der Waals surface area contributed by atoms with Crippen LogP contribution in [0, 0.1) is 13.8 Å². The molecule has 21 heavy (non-hydrogen) atoms. The van der Waals surface area contributed by atoms with E-state index in [4.69, 9.17) is 0 Å². The van der Waals surface area contributed by atoms with E-state index < -0.39 is 0 Å². The number of aryl methyl sites for hydroxylation is 1. The highest BCUT2D eigenvalue weighted by Gasteiger charge is 2.12. The second-order valence-electron chi connectivity index (χ2n) is 4.65. The van der Waals surface area contributed by atoms with Crippen molar-refractivity contribution in [1.82, 2.24) is 9.97 Å². The van der Waals surface area contributed by atoms with Gasteiger partial charge < -0.3 is 10.6 Å². The number of carbonyl (C=O) groups excluding carboxylic acids is 2. The highest BCUT2D eigenvalue weighted by atomic mass is 16.2. The Labute approximate surface area is 122 Å². The van der Waals surface area contributed by atoms with Gasteiger partial charge in [-0.25, -0.2) is 9.97 Å². The van der Waals surface area contributed by atoms with Crippen molar-refractivity contribution in [2.45, 2.75) is 20.8 Å². The van der Waals surface area contributed by atoms with Crippen LogP contribution in [0.3, 0.4) is 0 Å². The largest absolute Gasteiger partial charge is 0.326 e. The maximum absolute atomic E-state index is 12.2. The number of benzene rings is 1. The third-order valence-electron chi connectivity index (χ3n) is 3.01. The normalized spacial score (nSPS) is 10.0. The molecule has 1 aromatic carbocycles. The zero-order chi connectivity index (χ0) is 15.4. The highest BCUT2D eigenvalue weighted by molar-refractivity contribution is 6.04. The Balaban J connectivity index is 2.12. The van der Waals surface area contributed by atoms with Gasteiger partial charge in [0.25, 0.3) is 5.91 Å². The summed E-state index contributed by atoms with van der Waals surface area (Å²) in [7, 11) is 0. The number of amides is 2. The van der Waals surface area contributed by atoms with Gasteiger partial charge in [0.2, 0.25) is 5.91 Å². The summed E-state index contributed by atoms with van der Waals surface area (Å²) in [5.41, 5.74) is 3.19. The number of carbonyl (C=O) groups is 2. The van der Waals surface area contributed by atoms with Crippen LogP contribution in [0.15, 0.2) is 30.6 Å². The third-order valence-corrected chi connectivity index (χ3v) is 3.01. The van der Waals surface area contributed by atoms with E-state index in [1.54, 1.807) is 24.3 Å². The van der Waals surface area contributed by atoms with Gasteiger partial charge >= 0.3 is 0 Å². The molecule has 2 aromatic rings. The van der Waals surface area contributed by atoms with Gasteiger partial charge in [-0.3, -0.25) is 9.59 Å². The third kappa shape index (κ3) is 3.62. The Morgan fingerprint density at radius 2 is 1.52 bits per heavy atom. The standard InChI is InChI=1S/C15H16N4O2/c1-9-10(2)16-8-17-14(9)15(21)19-13-6-4-12(5-7-13)18-11(3)20/h4-8H,1-3H3,(H,18,20)(H,19,21). The van der Waals surface area contributed by atoms with Gasteiger partial charge in [0.1, 0.15) is 12.0 Å². The lowest BCUT2D eigenvalue weighted by Gasteiger charge is -2.09. The minimum Gasteiger partial charge on any atom is -0.326 e. The van der Waals surface area contributed by atoms with Gasteiger partial charge in [0, 0.05) is 29.6 Å². The predicted molar refractivity (Wildman–Crippen MR) is 80.2 cm³/mol. The Kier molecular flexibility index (Phi) is 4.27. The number of nitrogens with zero attached hydrogens (tertiary/aromatic N) is 2. The number of aromatic nitrogens is 2. The van der Waals surface area contributed by atoms with Crippen LogP contribution in [0.5, 0.6) is 0 Å². The monoisotopic (exact) mass is 284 g/mol. The first-order chi connectivity index (χ1) is 9.97. The van der Waals surface area contributed by atoms with Crippen LogP contribution in [-0.2, 0) is 4.79 Å². The molecule has 0 aliphatic heterocycles. The minimum absolute atomic E-state index is 0.140. The van der Waals surface area contributed by atoms with Gasteiger partial charge in [-0.15, -0.1) is 0 Å². The van der Waals surface area contributed by atoms with E-state index in [1.807, 2.05) is 13.8 Å². The fourth-order valence-electron chi connectivity index (χ4n) is 1.80. The van der Waals surface area contributed by atoms with Crippen molar-refractivity contribution in [1.29, 1.82) is 0 Å². The first-order valence-corrected chi connectivity index (χ1v) is 6.44. The molecular weight excluding hydrogens is 268 g/mol. The Hall–Kier alpha value is -2.76. The van der Waals surface area contributed by atoms with E-state index in [0.717, 1.165) is 11.3 Å². The molecule has 1 heterocycles. The summed E-state index contributed by atoms with van der Waals surface area (Å²) in [6.07, 6.45) is 1.37. The lowest BCUT2D eigenvalue weighted by Crippen LogP contribution is -2.16. The molecule has 0 fully saturated rings. The fraction of sp³-hybridized carbons (Fsp3) is 0.200. The van der Waals surface area contributed by atoms with Crippen LogP contribution in [-0.4, -0.2) is 21.8 Å². The molecule has 0 aliphatic rings. The quantitative estimate of drug-likeness (QED) is 0.905. The lowest BCUT2D eigenvalue weighted by molar-refractivity contribution is -0.114. The topological polar surface area (TPSA) is 84.0 Å². The molecule has 6 nitrogen and oxygen atoms in total. The van der Waals surface area contributed by atoms with Crippen molar-refractivity contribution in [3.63, 3.8) is 0 Å². The molecule has 0 spiro atoms. The summed E-state index contributed by atoms with van der Waals surface area (Å²) in [5.74, 6) is -0.427. The molecule has 6 heteroatoms. The molecule has 2 N–H and O–H groups in total. The molecule has 2 rings (SSSR count). The smallest absolute Gasteiger partial charge is 0.274 e. The second kappa shape index (κ2) is 6.13. The van der Waals surface area contributed by atoms with Gasteiger partial charge in [-0.05, 0) is 38.1 Å². The molecule has 0 saturated heterocycles. The second-order valence-corrected chi connectivity index (χ2v) is 4.65. The zero-order valence-corrected chi connectivity index (χ0v) is 12.1. The zero-order valence-electron chi connectivity index (χ0n) is 12.1. The maximum Gasteiger partial charge on any atom is 0.274 e. The molecule has 0 radical (unpaired) electrons. The Morgan fingerprint density at radius 3 is 2.10 bits per heavy atom. The van der Waals surface area contributed by atoms with Crippen molar-refractivity contribution >= 4 is 23.2 Å². The molecule has 0 bridgehead atoms. The maximum atomic E-state index is 12.2. The molecule has 108 valence electrons. The lowest BCUT2D eigenvalue weighted by atomic mass is 10.2. The van der Waals surface area contributed by atoms with Crippen molar-refractivity contribution in [3.05, 3.63) is 47.5 Å². The molecule has 2 amide bonds. The van der Waals surface area contributed by atoms with Crippen LogP contribution in [0.4, 0.5) is 11.4 Å². The summed E-state index contributed by atoms with van der Waals surface area (Å²) in [5, 5.41) is 5.43. The van der Waals surface area contributed by atoms with E-state index in [-0.39, 0.29) is 11.8 Å². The molecule has 1 aromatic heterocycles. The Bertz CT molecular complexity index is 681. The average molecular weight is 284 g/mol. The first-order valence-electron chi connectivity index (χ1n) is 6.44. The number of rotatable bonds is 3. The Morgan fingerprint density at radius 1 is 0.952 bits per heavy atom. The molecule has 0 aliphatic carbocycles. The molecule has 0 saturated carbocycles. The van der Waals surface area contributed by atoms with Crippen molar-refractivity contribution in [2.75, 3.05) is 10.6 Å². The van der Waals surface area contributed by atoms with Crippen molar-refractivity contribution in [3.8, 4) is 0 Å². The number of hydrogen-bond donors (Lipinski definition) is 2. The van der Waals surface area contributed by atoms with E-state index in [9.17, 15) is 9.59 Å². The summed E-state index contributed by atoms with van der Waals surface area (Å²) in [6, 6.07) is 6.86. The minimum atomic E-state index is -0.287. The van der Waals surface area contributed by atoms with Gasteiger partial charge in [-0.1, -0.05) is 0 Å². The van der Waals surface area contributed by atoms with Gasteiger partial charge in [0.15, 0.2) is 0 Å². The predicted octanol–water partition coefficient (Wildman–Crippen LogP) is 2.30. The van der Waals surface area contributed by atoms with E-state index in [2.05, 4.69) is 20.6 Å². The average Bonchev–Trinajstić information content (AvgIpc) is 2.43. The van der Waals surface area contributed by atoms with Crippen molar-refractivity contribution in [2.24, 2.45) is 0 Å². The number of hydrogen-bond acceptors (Lipinski definition) is 4. The van der Waals surface area contributed by atoms with Crippen LogP contribution in [0.2, 0.25) is 0 Å². The first kappa shape index (κ1) is 14.6. The molecule has 0 unspecified atom stereocenters. The number of anilines is 2. The molecular formula is C15H16N4O2. The summed E-state index contributed by atoms with van der Waals surface area (Å²) < 4.78 is 0. The highest BCUT2D eigenvalue weighted by Crippen LogP contribution is 2.15. The fourth-order valence-corrected chi connectivity index (χ4v) is 1.80. The molecule has 0 atom stereocenters. The van der Waals surface area contributed by atoms with Crippen LogP contribution < -0.4 is 10.6 Å². The van der Waals surface area contributed by atoms with Crippen LogP contribution in [0.1, 0.15) is 28.7 Å². The summed E-state index contributed by atoms with van der Waals surface area (Å²) >= 11 is 0. The van der Waals surface area contributed by atoms with Gasteiger partial charge in [-0.2, -0.15) is 0 Å². The van der Waals surface area contributed by atoms with Crippen LogP contribution in [0.25, 0.3) is 0 Å². The summed E-state index contributed by atoms with van der Waals surface area (Å²) in [4.78, 5) is 31.2. The van der Waals surface area contributed by atoms with E-state index >= 15 is 0 Å². The SMILES string of the molecule is CC(=O)Nc1ccc(NC(=O)c2ncnc(C)c2C)cc1. The number of nitrogens with one attached hydrogen (secondary N) is 2.